The molecule has 1 N–H and O–H groups in total. The lowest BCUT2D eigenvalue weighted by atomic mass is 10.1. The van der Waals surface area contributed by atoms with Crippen molar-refractivity contribution in [2.45, 2.75) is 26.1 Å². The second-order valence-electron chi connectivity index (χ2n) is 3.72. The number of benzene rings is 1. The minimum atomic E-state index is -3.59. The van der Waals surface area contributed by atoms with Crippen molar-refractivity contribution in [3.05, 3.63) is 35.9 Å². The smallest absolute Gasteiger partial charge is 0.366 e. The Balaban J connectivity index is 3.13. The lowest BCUT2D eigenvalue weighted by Gasteiger charge is -2.31. The Morgan fingerprint density at radius 3 is 2.06 bits per heavy atom. The van der Waals surface area contributed by atoms with Crippen LogP contribution in [0.2, 0.25) is 0 Å². The first-order valence-electron chi connectivity index (χ1n) is 5.65. The van der Waals surface area contributed by atoms with Crippen molar-refractivity contribution >= 4 is 7.60 Å². The first-order chi connectivity index (χ1) is 7.98. The molecule has 5 heteroatoms. The zero-order chi connectivity index (χ0) is 12.9. The van der Waals surface area contributed by atoms with Gasteiger partial charge in [0.25, 0.3) is 0 Å². The van der Waals surface area contributed by atoms with Gasteiger partial charge in [-0.25, -0.2) is 0 Å². The van der Waals surface area contributed by atoms with E-state index in [-0.39, 0.29) is 13.2 Å². The molecule has 0 amide bonds. The van der Waals surface area contributed by atoms with E-state index in [1.165, 1.54) is 6.92 Å². The zero-order valence-electron chi connectivity index (χ0n) is 10.4. The molecule has 1 aromatic carbocycles. The van der Waals surface area contributed by atoms with Crippen LogP contribution >= 0.6 is 7.60 Å². The summed E-state index contributed by atoms with van der Waals surface area (Å²) in [6.07, 6.45) is 0. The van der Waals surface area contributed by atoms with E-state index in [0.717, 1.165) is 0 Å². The molecule has 0 saturated carbocycles. The molecule has 0 aliphatic rings. The fourth-order valence-electron chi connectivity index (χ4n) is 1.54. The van der Waals surface area contributed by atoms with Crippen LogP contribution in [0.1, 0.15) is 26.3 Å². The summed E-state index contributed by atoms with van der Waals surface area (Å²) in [5.74, 6) is 0. The van der Waals surface area contributed by atoms with Crippen molar-refractivity contribution in [2.24, 2.45) is 0 Å². The van der Waals surface area contributed by atoms with Gasteiger partial charge in [0.2, 0.25) is 0 Å². The van der Waals surface area contributed by atoms with Gasteiger partial charge in [0.15, 0.2) is 5.34 Å². The summed E-state index contributed by atoms with van der Waals surface area (Å²) in [4.78, 5) is 0. The van der Waals surface area contributed by atoms with Gasteiger partial charge in [-0.2, -0.15) is 0 Å². The standard InChI is InChI=1S/C12H19O4P/c1-4-15-17(14,16-5-2)12(3,13)11-9-7-6-8-10-11/h6-10,13H,4-5H2,1-3H3. The van der Waals surface area contributed by atoms with Crippen molar-refractivity contribution in [3.8, 4) is 0 Å². The number of rotatable bonds is 6. The highest BCUT2D eigenvalue weighted by atomic mass is 31.2. The summed E-state index contributed by atoms with van der Waals surface area (Å²) >= 11 is 0. The van der Waals surface area contributed by atoms with Gasteiger partial charge >= 0.3 is 7.60 Å². The van der Waals surface area contributed by atoms with Gasteiger partial charge in [-0.1, -0.05) is 30.3 Å². The van der Waals surface area contributed by atoms with E-state index in [0.29, 0.717) is 5.56 Å². The average Bonchev–Trinajstić information content (AvgIpc) is 2.30. The largest absolute Gasteiger partial charge is 0.373 e. The Morgan fingerprint density at radius 1 is 1.18 bits per heavy atom. The fourth-order valence-corrected chi connectivity index (χ4v) is 3.26. The molecular weight excluding hydrogens is 239 g/mol. The molecule has 0 spiro atoms. The van der Waals surface area contributed by atoms with Crippen LogP contribution < -0.4 is 0 Å². The molecule has 0 saturated heterocycles. The molecule has 0 aliphatic heterocycles. The first-order valence-corrected chi connectivity index (χ1v) is 7.19. The maximum Gasteiger partial charge on any atom is 0.366 e. The molecule has 0 aliphatic carbocycles. The topological polar surface area (TPSA) is 55.8 Å². The minimum Gasteiger partial charge on any atom is -0.373 e. The zero-order valence-corrected chi connectivity index (χ0v) is 11.3. The maximum absolute atomic E-state index is 12.5. The normalized spacial score (nSPS) is 15.5. The van der Waals surface area contributed by atoms with E-state index >= 15 is 0 Å². The van der Waals surface area contributed by atoms with Gasteiger partial charge in [0, 0.05) is 0 Å². The molecule has 1 rings (SSSR count). The van der Waals surface area contributed by atoms with Gasteiger partial charge in [0.1, 0.15) is 0 Å². The summed E-state index contributed by atoms with van der Waals surface area (Å²) in [5, 5.41) is 8.82. The third-order valence-corrected chi connectivity index (χ3v) is 4.97. The predicted octanol–water partition coefficient (Wildman–Crippen LogP) is 3.12. The van der Waals surface area contributed by atoms with E-state index in [1.54, 1.807) is 38.1 Å². The molecule has 4 nitrogen and oxygen atoms in total. The summed E-state index contributed by atoms with van der Waals surface area (Å²) in [5.41, 5.74) is 0.519. The van der Waals surface area contributed by atoms with Crippen molar-refractivity contribution in [2.75, 3.05) is 13.2 Å². The Kier molecular flexibility index (Phi) is 4.90. The van der Waals surface area contributed by atoms with Crippen LogP contribution in [0.5, 0.6) is 0 Å². The molecule has 17 heavy (non-hydrogen) atoms. The number of aliphatic hydroxyl groups is 1. The maximum atomic E-state index is 12.5. The quantitative estimate of drug-likeness (QED) is 0.796. The van der Waals surface area contributed by atoms with Crippen molar-refractivity contribution < 1.29 is 18.7 Å². The average molecular weight is 258 g/mol. The van der Waals surface area contributed by atoms with E-state index in [1.807, 2.05) is 6.07 Å². The highest BCUT2D eigenvalue weighted by Gasteiger charge is 2.47. The lowest BCUT2D eigenvalue weighted by Crippen LogP contribution is -2.24. The molecule has 1 aromatic rings. The van der Waals surface area contributed by atoms with E-state index < -0.39 is 12.9 Å². The Labute approximate surface area is 102 Å². The molecule has 96 valence electrons. The Bertz CT molecular complexity index is 379. The van der Waals surface area contributed by atoms with Gasteiger partial charge in [0.05, 0.1) is 13.2 Å². The molecule has 0 fully saturated rings. The molecule has 0 aromatic heterocycles. The van der Waals surface area contributed by atoms with Gasteiger partial charge in [-0.05, 0) is 26.3 Å². The third-order valence-electron chi connectivity index (χ3n) is 2.45. The van der Waals surface area contributed by atoms with E-state index in [9.17, 15) is 9.67 Å². The van der Waals surface area contributed by atoms with Crippen LogP contribution in [0.3, 0.4) is 0 Å². The highest BCUT2D eigenvalue weighted by Crippen LogP contribution is 2.63. The highest BCUT2D eigenvalue weighted by molar-refractivity contribution is 7.54. The second kappa shape index (κ2) is 5.78. The van der Waals surface area contributed by atoms with Crippen LogP contribution in [0.25, 0.3) is 0 Å². The molecule has 0 bridgehead atoms. The van der Waals surface area contributed by atoms with Crippen LogP contribution in [0.4, 0.5) is 0 Å². The van der Waals surface area contributed by atoms with E-state index in [4.69, 9.17) is 9.05 Å². The fraction of sp³-hybridized carbons (Fsp3) is 0.500. The second-order valence-corrected chi connectivity index (χ2v) is 6.10. The molecular formula is C12H19O4P. The summed E-state index contributed by atoms with van der Waals surface area (Å²) < 4.78 is 22.9. The van der Waals surface area contributed by atoms with Gasteiger partial charge < -0.3 is 14.2 Å². The first kappa shape index (κ1) is 14.4. The molecule has 0 radical (unpaired) electrons. The van der Waals surface area contributed by atoms with Crippen LogP contribution in [0, 0.1) is 0 Å². The van der Waals surface area contributed by atoms with Gasteiger partial charge in [-0.3, -0.25) is 4.57 Å². The number of hydrogen-bond donors (Lipinski definition) is 1. The summed E-state index contributed by atoms with van der Waals surface area (Å²) in [7, 11) is -3.59. The van der Waals surface area contributed by atoms with Crippen LogP contribution in [0.15, 0.2) is 30.3 Å². The monoisotopic (exact) mass is 258 g/mol. The minimum absolute atomic E-state index is 0.222. The van der Waals surface area contributed by atoms with Crippen molar-refractivity contribution in [3.63, 3.8) is 0 Å². The molecule has 1 atom stereocenters. The molecule has 0 heterocycles. The lowest BCUT2D eigenvalue weighted by molar-refractivity contribution is 0.0802. The Morgan fingerprint density at radius 2 is 1.65 bits per heavy atom. The third kappa shape index (κ3) is 2.96. The Hall–Kier alpha value is -0.670. The van der Waals surface area contributed by atoms with Gasteiger partial charge in [-0.15, -0.1) is 0 Å². The summed E-state index contributed by atoms with van der Waals surface area (Å²) in [6, 6.07) is 8.76. The van der Waals surface area contributed by atoms with Crippen molar-refractivity contribution in [1.82, 2.24) is 0 Å². The summed E-state index contributed by atoms with van der Waals surface area (Å²) in [6.45, 7) is 5.33. The molecule has 1 unspecified atom stereocenters. The van der Waals surface area contributed by atoms with Crippen LogP contribution in [-0.4, -0.2) is 18.3 Å². The predicted molar refractivity (Wildman–Crippen MR) is 66.9 cm³/mol. The number of hydrogen-bond acceptors (Lipinski definition) is 4. The SMILES string of the molecule is CCOP(=O)(OCC)C(C)(O)c1ccccc1. The van der Waals surface area contributed by atoms with E-state index in [2.05, 4.69) is 0 Å². The van der Waals surface area contributed by atoms with Crippen LogP contribution in [-0.2, 0) is 19.0 Å². The van der Waals surface area contributed by atoms with Crippen molar-refractivity contribution in [1.29, 1.82) is 0 Å².